The van der Waals surface area contributed by atoms with Crippen LogP contribution >= 0.6 is 0 Å². The average Bonchev–Trinajstić information content (AvgIpc) is 3.21. The van der Waals surface area contributed by atoms with Gasteiger partial charge in [-0.3, -0.25) is 9.67 Å². The molecule has 0 aliphatic carbocycles. The molecule has 3 aromatic heterocycles. The first kappa shape index (κ1) is 16.2. The van der Waals surface area contributed by atoms with E-state index in [1.165, 1.54) is 12.3 Å². The fraction of sp³-hybridized carbons (Fsp3) is 0.176. The molecule has 9 heteroatoms. The highest BCUT2D eigenvalue weighted by Gasteiger charge is 2.15. The quantitative estimate of drug-likeness (QED) is 0.552. The maximum absolute atomic E-state index is 13.5. The van der Waals surface area contributed by atoms with Crippen molar-refractivity contribution < 1.29 is 17.7 Å². The van der Waals surface area contributed by atoms with Crippen molar-refractivity contribution in [2.45, 2.75) is 19.9 Å². The van der Waals surface area contributed by atoms with E-state index in [0.717, 1.165) is 12.1 Å². The minimum absolute atomic E-state index is 0.251. The van der Waals surface area contributed by atoms with Crippen LogP contribution in [0.4, 0.5) is 13.2 Å². The predicted octanol–water partition coefficient (Wildman–Crippen LogP) is 3.91. The summed E-state index contributed by atoms with van der Waals surface area (Å²) in [6.07, 6.45) is 0.226. The monoisotopic (exact) mass is 359 g/mol. The Labute approximate surface area is 145 Å². The second-order valence-electron chi connectivity index (χ2n) is 5.70. The first-order valence-corrected chi connectivity index (χ1v) is 7.70. The van der Waals surface area contributed by atoms with Crippen LogP contribution < -0.4 is 0 Å². The third kappa shape index (κ3) is 2.92. The summed E-state index contributed by atoms with van der Waals surface area (Å²) in [6, 6.07) is 5.34. The summed E-state index contributed by atoms with van der Waals surface area (Å²) in [6.45, 7) is 1.96. The van der Waals surface area contributed by atoms with Gasteiger partial charge in [-0.25, -0.2) is 13.2 Å². The maximum Gasteiger partial charge on any atom is 0.266 e. The molecule has 0 saturated carbocycles. The van der Waals surface area contributed by atoms with Crippen molar-refractivity contribution in [2.24, 2.45) is 0 Å². The number of nitrogens with zero attached hydrogens (tertiary/aromatic N) is 5. The van der Waals surface area contributed by atoms with E-state index < -0.39 is 17.8 Å². The zero-order valence-electron chi connectivity index (χ0n) is 13.5. The van der Waals surface area contributed by atoms with E-state index in [0.29, 0.717) is 33.9 Å². The number of hydrogen-bond donors (Lipinski definition) is 0. The Morgan fingerprint density at radius 1 is 1.15 bits per heavy atom. The van der Waals surface area contributed by atoms with Gasteiger partial charge in [0.25, 0.3) is 6.43 Å². The molecule has 0 N–H and O–H groups in total. The van der Waals surface area contributed by atoms with E-state index >= 15 is 0 Å². The fourth-order valence-corrected chi connectivity index (χ4v) is 2.66. The molecule has 1 aromatic carbocycles. The molecule has 0 atom stereocenters. The van der Waals surface area contributed by atoms with Crippen LogP contribution in [0.3, 0.4) is 0 Å². The average molecular weight is 359 g/mol. The Hall–Kier alpha value is -3.23. The van der Waals surface area contributed by atoms with E-state index in [-0.39, 0.29) is 6.54 Å². The van der Waals surface area contributed by atoms with Crippen LogP contribution in [-0.4, -0.2) is 24.9 Å². The molecule has 3 heterocycles. The zero-order valence-corrected chi connectivity index (χ0v) is 13.5. The lowest BCUT2D eigenvalue weighted by Crippen LogP contribution is -2.02. The molecule has 4 rings (SSSR count). The van der Waals surface area contributed by atoms with Gasteiger partial charge in [0.05, 0.1) is 17.3 Å². The molecule has 0 saturated heterocycles. The van der Waals surface area contributed by atoms with Crippen LogP contribution in [0.1, 0.15) is 23.7 Å². The van der Waals surface area contributed by atoms with E-state index in [2.05, 4.69) is 20.2 Å². The summed E-state index contributed by atoms with van der Waals surface area (Å²) >= 11 is 0. The van der Waals surface area contributed by atoms with Crippen molar-refractivity contribution in [3.05, 3.63) is 59.8 Å². The molecule has 0 radical (unpaired) electrons. The van der Waals surface area contributed by atoms with Gasteiger partial charge in [0.1, 0.15) is 17.9 Å². The second-order valence-corrected chi connectivity index (χ2v) is 5.70. The van der Waals surface area contributed by atoms with Gasteiger partial charge in [0.2, 0.25) is 5.89 Å². The fourth-order valence-electron chi connectivity index (χ4n) is 2.66. The van der Waals surface area contributed by atoms with Crippen LogP contribution in [0.2, 0.25) is 0 Å². The third-order valence-corrected chi connectivity index (χ3v) is 3.91. The van der Waals surface area contributed by atoms with Crippen LogP contribution in [0.25, 0.3) is 22.2 Å². The highest BCUT2D eigenvalue weighted by Crippen LogP contribution is 2.29. The van der Waals surface area contributed by atoms with E-state index in [1.54, 1.807) is 23.9 Å². The molecule has 0 aliphatic rings. The van der Waals surface area contributed by atoms with Gasteiger partial charge in [0.15, 0.2) is 5.82 Å². The SMILES string of the molecule is Cc1noc(Cn2ncc3ncc(-c4ccc(F)c(C(F)F)c4)cc32)n1. The summed E-state index contributed by atoms with van der Waals surface area (Å²) in [5.41, 5.74) is 1.67. The van der Waals surface area contributed by atoms with Crippen molar-refractivity contribution in [1.82, 2.24) is 24.9 Å². The van der Waals surface area contributed by atoms with Crippen molar-refractivity contribution in [2.75, 3.05) is 0 Å². The summed E-state index contributed by atoms with van der Waals surface area (Å²) < 4.78 is 46.1. The van der Waals surface area contributed by atoms with Gasteiger partial charge < -0.3 is 4.52 Å². The molecule has 132 valence electrons. The summed E-state index contributed by atoms with van der Waals surface area (Å²) in [7, 11) is 0. The van der Waals surface area contributed by atoms with Gasteiger partial charge in [-0.2, -0.15) is 10.1 Å². The number of rotatable bonds is 4. The largest absolute Gasteiger partial charge is 0.337 e. The molecule has 0 spiro atoms. The molecule has 0 aliphatic heterocycles. The maximum atomic E-state index is 13.5. The molecule has 0 fully saturated rings. The van der Waals surface area contributed by atoms with Crippen molar-refractivity contribution in [1.29, 1.82) is 0 Å². The molecule has 0 unspecified atom stereocenters. The zero-order chi connectivity index (χ0) is 18.3. The van der Waals surface area contributed by atoms with Gasteiger partial charge in [-0.1, -0.05) is 11.2 Å². The molecule has 6 nitrogen and oxygen atoms in total. The number of fused-ring (bicyclic) bond motifs is 1. The number of aryl methyl sites for hydroxylation is 1. The summed E-state index contributed by atoms with van der Waals surface area (Å²) in [4.78, 5) is 8.42. The molecular weight excluding hydrogens is 347 g/mol. The molecule has 4 aromatic rings. The number of alkyl halides is 2. The number of aromatic nitrogens is 5. The second kappa shape index (κ2) is 6.25. The van der Waals surface area contributed by atoms with Crippen molar-refractivity contribution in [3.63, 3.8) is 0 Å². The number of pyridine rings is 1. The highest BCUT2D eigenvalue weighted by molar-refractivity contribution is 5.80. The lowest BCUT2D eigenvalue weighted by atomic mass is 10.0. The minimum atomic E-state index is -2.89. The lowest BCUT2D eigenvalue weighted by Gasteiger charge is -2.07. The summed E-state index contributed by atoms with van der Waals surface area (Å²) in [5.74, 6) is -0.0321. The number of benzene rings is 1. The first-order chi connectivity index (χ1) is 12.5. The molecule has 26 heavy (non-hydrogen) atoms. The molecular formula is C17H12F3N5O. The van der Waals surface area contributed by atoms with Crippen LogP contribution in [0.15, 0.2) is 41.2 Å². The van der Waals surface area contributed by atoms with Gasteiger partial charge in [-0.05, 0) is 30.7 Å². The Morgan fingerprint density at radius 3 is 2.73 bits per heavy atom. The standard InChI is InChI=1S/C17H12F3N5O/c1-9-23-16(26-24-9)8-25-15-5-11(6-21-14(15)7-22-25)10-2-3-13(18)12(4-10)17(19)20/h2-7,17H,8H2,1H3. The van der Waals surface area contributed by atoms with E-state index in [9.17, 15) is 13.2 Å². The smallest absolute Gasteiger partial charge is 0.266 e. The van der Waals surface area contributed by atoms with Gasteiger partial charge in [-0.15, -0.1) is 0 Å². The Balaban J connectivity index is 1.75. The summed E-state index contributed by atoms with van der Waals surface area (Å²) in [5, 5.41) is 7.97. The topological polar surface area (TPSA) is 69.6 Å². The van der Waals surface area contributed by atoms with Gasteiger partial charge in [0, 0.05) is 11.8 Å². The predicted molar refractivity (Wildman–Crippen MR) is 86.0 cm³/mol. The normalized spacial score (nSPS) is 11.6. The Morgan fingerprint density at radius 2 is 2.00 bits per heavy atom. The minimum Gasteiger partial charge on any atom is -0.337 e. The highest BCUT2D eigenvalue weighted by atomic mass is 19.3. The third-order valence-electron chi connectivity index (χ3n) is 3.91. The van der Waals surface area contributed by atoms with E-state index in [4.69, 9.17) is 4.52 Å². The number of hydrogen-bond acceptors (Lipinski definition) is 5. The molecule has 0 bridgehead atoms. The number of halogens is 3. The Kier molecular flexibility index (Phi) is 3.90. The van der Waals surface area contributed by atoms with Crippen molar-refractivity contribution >= 4 is 11.0 Å². The van der Waals surface area contributed by atoms with Crippen LogP contribution in [0.5, 0.6) is 0 Å². The van der Waals surface area contributed by atoms with E-state index in [1.807, 2.05) is 0 Å². The lowest BCUT2D eigenvalue weighted by molar-refractivity contribution is 0.146. The first-order valence-electron chi connectivity index (χ1n) is 7.70. The molecule has 0 amide bonds. The van der Waals surface area contributed by atoms with Crippen molar-refractivity contribution in [3.8, 4) is 11.1 Å². The van der Waals surface area contributed by atoms with Gasteiger partial charge >= 0.3 is 0 Å². The van der Waals surface area contributed by atoms with Crippen LogP contribution in [-0.2, 0) is 6.54 Å². The Bertz CT molecular complexity index is 1090. The van der Waals surface area contributed by atoms with Crippen LogP contribution in [0, 0.1) is 12.7 Å².